The molecule has 0 aromatic carbocycles. The maximum Gasteiger partial charge on any atom is 0.211 e. The fourth-order valence-electron chi connectivity index (χ4n) is 0.506. The first kappa shape index (κ1) is 8.90. The molecule has 0 aromatic rings. The maximum atomic E-state index is 11.4. The molecular formula is C7H13NO2S. The summed E-state index contributed by atoms with van der Waals surface area (Å²) in [5, 5.41) is 0. The van der Waals surface area contributed by atoms with E-state index in [9.17, 15) is 4.55 Å². The molecule has 1 aliphatic heterocycles. The van der Waals surface area contributed by atoms with Crippen LogP contribution in [0.15, 0.2) is 12.3 Å². The predicted molar refractivity (Wildman–Crippen MR) is 45.0 cm³/mol. The van der Waals surface area contributed by atoms with Crippen LogP contribution in [-0.2, 0) is 16.1 Å². The highest BCUT2D eigenvalue weighted by molar-refractivity contribution is 7.90. The van der Waals surface area contributed by atoms with Crippen LogP contribution in [0.2, 0.25) is 0 Å². The van der Waals surface area contributed by atoms with E-state index in [4.69, 9.17) is 4.74 Å². The monoisotopic (exact) mass is 175 g/mol. The Kier molecular flexibility index (Phi) is 2.47. The molecule has 0 amide bonds. The van der Waals surface area contributed by atoms with Crippen molar-refractivity contribution in [2.45, 2.75) is 31.7 Å². The Morgan fingerprint density at radius 1 is 1.55 bits per heavy atom. The average molecular weight is 175 g/mol. The Bertz CT molecular complexity index is 164. The van der Waals surface area contributed by atoms with Crippen molar-refractivity contribution in [3.05, 3.63) is 12.3 Å². The molecule has 11 heavy (non-hydrogen) atoms. The summed E-state index contributed by atoms with van der Waals surface area (Å²) in [5.74, 6) is 0. The van der Waals surface area contributed by atoms with E-state index in [2.05, 4.69) is 4.72 Å². The zero-order valence-electron chi connectivity index (χ0n) is 6.96. The summed E-state index contributed by atoms with van der Waals surface area (Å²) in [7, 11) is 0. The van der Waals surface area contributed by atoms with E-state index in [0.717, 1.165) is 0 Å². The van der Waals surface area contributed by atoms with Gasteiger partial charge in [0.2, 0.25) is 6.23 Å². The molecule has 0 fully saturated rings. The van der Waals surface area contributed by atoms with Crippen molar-refractivity contribution in [1.82, 2.24) is 4.72 Å². The van der Waals surface area contributed by atoms with Crippen LogP contribution in [0.25, 0.3) is 0 Å². The minimum absolute atomic E-state index is 0.157. The summed E-state index contributed by atoms with van der Waals surface area (Å²) in [6, 6.07) is 0. The van der Waals surface area contributed by atoms with Crippen LogP contribution in [-0.4, -0.2) is 15.5 Å². The maximum absolute atomic E-state index is 11.4. The van der Waals surface area contributed by atoms with Crippen LogP contribution in [0.3, 0.4) is 0 Å². The number of nitrogens with one attached hydrogen (secondary N) is 1. The zero-order valence-corrected chi connectivity index (χ0v) is 7.77. The van der Waals surface area contributed by atoms with Crippen LogP contribution in [0.4, 0.5) is 0 Å². The number of hydrogen-bond donors (Lipinski definition) is 1. The fraction of sp³-hybridized carbons (Fsp3) is 0.714. The third-order valence-electron chi connectivity index (χ3n) is 1.26. The third kappa shape index (κ3) is 2.39. The molecule has 0 aromatic heterocycles. The lowest BCUT2D eigenvalue weighted by Crippen LogP contribution is -2.46. The van der Waals surface area contributed by atoms with Crippen molar-refractivity contribution in [2.75, 3.05) is 0 Å². The van der Waals surface area contributed by atoms with Gasteiger partial charge in [0.25, 0.3) is 0 Å². The first-order valence-electron chi connectivity index (χ1n) is 3.50. The Balaban J connectivity index is 2.31. The van der Waals surface area contributed by atoms with Crippen LogP contribution < -0.4 is 4.72 Å². The Morgan fingerprint density at radius 3 is 2.36 bits per heavy atom. The van der Waals surface area contributed by atoms with E-state index in [1.165, 1.54) is 0 Å². The molecule has 0 saturated heterocycles. The largest absolute Gasteiger partial charge is 0.598 e. The third-order valence-corrected chi connectivity index (χ3v) is 2.82. The Morgan fingerprint density at radius 2 is 2.09 bits per heavy atom. The smallest absolute Gasteiger partial charge is 0.211 e. The van der Waals surface area contributed by atoms with Gasteiger partial charge >= 0.3 is 0 Å². The molecule has 0 spiro atoms. The van der Waals surface area contributed by atoms with E-state index in [0.29, 0.717) is 0 Å². The van der Waals surface area contributed by atoms with Gasteiger partial charge in [0.05, 0.1) is 6.26 Å². The van der Waals surface area contributed by atoms with Gasteiger partial charge < -0.3 is 9.29 Å². The summed E-state index contributed by atoms with van der Waals surface area (Å²) in [6.45, 7) is 5.75. The van der Waals surface area contributed by atoms with Crippen molar-refractivity contribution in [3.8, 4) is 0 Å². The summed E-state index contributed by atoms with van der Waals surface area (Å²) < 4.78 is 18.9. The molecule has 64 valence electrons. The first-order chi connectivity index (χ1) is 5.00. The molecule has 3 nitrogen and oxygen atoms in total. The van der Waals surface area contributed by atoms with Crippen molar-refractivity contribution in [2.24, 2.45) is 0 Å². The van der Waals surface area contributed by atoms with E-state index in [1.807, 2.05) is 26.8 Å². The molecule has 0 radical (unpaired) electrons. The van der Waals surface area contributed by atoms with Gasteiger partial charge in [-0.05, 0) is 20.8 Å². The molecule has 0 aliphatic carbocycles. The number of hydrogen-bond acceptors (Lipinski definition) is 3. The van der Waals surface area contributed by atoms with Crippen LogP contribution >= 0.6 is 0 Å². The molecular weight excluding hydrogens is 162 g/mol. The summed E-state index contributed by atoms with van der Waals surface area (Å²) in [6.07, 6.45) is 3.25. The Hall–Kier alpha value is -0.190. The van der Waals surface area contributed by atoms with E-state index >= 15 is 0 Å². The zero-order chi connectivity index (χ0) is 8.48. The second kappa shape index (κ2) is 3.05. The second-order valence-corrected chi connectivity index (χ2v) is 5.38. The van der Waals surface area contributed by atoms with Gasteiger partial charge in [-0.25, -0.2) is 0 Å². The van der Waals surface area contributed by atoms with E-state index < -0.39 is 11.4 Å². The van der Waals surface area contributed by atoms with Crippen LogP contribution in [0.5, 0.6) is 0 Å². The summed E-state index contributed by atoms with van der Waals surface area (Å²) in [4.78, 5) is 0. The number of ether oxygens (including phenoxy) is 1. The molecule has 1 N–H and O–H groups in total. The molecule has 1 heterocycles. The van der Waals surface area contributed by atoms with E-state index in [1.54, 1.807) is 6.26 Å². The van der Waals surface area contributed by atoms with Crippen molar-refractivity contribution in [1.29, 1.82) is 0 Å². The normalized spacial score (nSPS) is 25.6. The molecule has 1 aliphatic rings. The number of rotatable bonds is 2. The molecule has 4 heteroatoms. The second-order valence-electron chi connectivity index (χ2n) is 3.38. The van der Waals surface area contributed by atoms with Gasteiger partial charge in [-0.1, -0.05) is 4.72 Å². The standard InChI is InChI=1S/C7H13NO2S/c1-7(2,3)11(9)8-6-4-5-10-6/h4-6,8H,1-3H3. The van der Waals surface area contributed by atoms with Gasteiger partial charge in [0.15, 0.2) is 0 Å². The summed E-state index contributed by atoms with van der Waals surface area (Å²) >= 11 is -1.04. The van der Waals surface area contributed by atoms with Crippen LogP contribution in [0, 0.1) is 0 Å². The minimum atomic E-state index is -1.04. The van der Waals surface area contributed by atoms with Gasteiger partial charge in [-0.2, -0.15) is 0 Å². The van der Waals surface area contributed by atoms with Crippen LogP contribution in [0.1, 0.15) is 20.8 Å². The molecule has 1 rings (SSSR count). The quantitative estimate of drug-likeness (QED) is 0.634. The lowest BCUT2D eigenvalue weighted by Gasteiger charge is -2.28. The van der Waals surface area contributed by atoms with Crippen molar-refractivity contribution < 1.29 is 9.29 Å². The van der Waals surface area contributed by atoms with E-state index in [-0.39, 0.29) is 11.0 Å². The fourth-order valence-corrected chi connectivity index (χ4v) is 1.21. The lowest BCUT2D eigenvalue weighted by molar-refractivity contribution is 0.130. The molecule has 2 atom stereocenters. The van der Waals surface area contributed by atoms with Crippen molar-refractivity contribution >= 4 is 11.4 Å². The van der Waals surface area contributed by atoms with Gasteiger partial charge in [-0.3, -0.25) is 0 Å². The highest BCUT2D eigenvalue weighted by Crippen LogP contribution is 2.15. The Labute approximate surface area is 70.1 Å². The highest BCUT2D eigenvalue weighted by atomic mass is 32.2. The molecule has 2 unspecified atom stereocenters. The summed E-state index contributed by atoms with van der Waals surface area (Å²) in [5.41, 5.74) is 0. The van der Waals surface area contributed by atoms with Gasteiger partial charge in [0.1, 0.15) is 4.75 Å². The minimum Gasteiger partial charge on any atom is -0.598 e. The van der Waals surface area contributed by atoms with Crippen molar-refractivity contribution in [3.63, 3.8) is 0 Å². The lowest BCUT2D eigenvalue weighted by atomic mass is 10.3. The van der Waals surface area contributed by atoms with Gasteiger partial charge in [0, 0.05) is 17.4 Å². The molecule has 0 bridgehead atoms. The SMILES string of the molecule is CC(C)(C)[S+]([O-])NC1C=CO1. The highest BCUT2D eigenvalue weighted by Gasteiger charge is 2.30. The predicted octanol–water partition coefficient (Wildman–Crippen LogP) is 0.908. The average Bonchev–Trinajstić information content (AvgIpc) is 1.75. The van der Waals surface area contributed by atoms with Gasteiger partial charge in [-0.15, -0.1) is 0 Å². The first-order valence-corrected chi connectivity index (χ1v) is 4.65. The topological polar surface area (TPSA) is 44.3 Å². The molecule has 0 saturated carbocycles.